The molecular formula is C19H14ClN3O4. The van der Waals surface area contributed by atoms with Gasteiger partial charge in [-0.15, -0.1) is 0 Å². The van der Waals surface area contributed by atoms with Crippen molar-refractivity contribution in [3.05, 3.63) is 92.9 Å². The molecule has 0 bridgehead atoms. The van der Waals surface area contributed by atoms with Crippen molar-refractivity contribution in [3.63, 3.8) is 0 Å². The molecule has 2 aromatic carbocycles. The van der Waals surface area contributed by atoms with E-state index in [9.17, 15) is 19.5 Å². The molecule has 8 heteroatoms. The molecule has 3 rings (SSSR count). The maximum absolute atomic E-state index is 12.5. The fourth-order valence-corrected chi connectivity index (χ4v) is 2.60. The number of carboxylic acids is 1. The van der Waals surface area contributed by atoms with E-state index < -0.39 is 11.9 Å². The average Bonchev–Trinajstić information content (AvgIpc) is 2.64. The number of carbonyl (C=O) groups is 2. The fraction of sp³-hybridized carbons (Fsp3) is 0.0526. The predicted molar refractivity (Wildman–Crippen MR) is 100 cm³/mol. The van der Waals surface area contributed by atoms with Crippen LogP contribution < -0.4 is 10.9 Å². The molecule has 1 amide bonds. The first-order valence-electron chi connectivity index (χ1n) is 7.90. The Bertz CT molecular complexity index is 1060. The topological polar surface area (TPSA) is 101 Å². The molecule has 1 aromatic heterocycles. The van der Waals surface area contributed by atoms with Crippen LogP contribution in [0.15, 0.2) is 65.5 Å². The summed E-state index contributed by atoms with van der Waals surface area (Å²) in [5.41, 5.74) is 0.409. The van der Waals surface area contributed by atoms with Crippen LogP contribution >= 0.6 is 11.6 Å². The van der Waals surface area contributed by atoms with Crippen LogP contribution in [0, 0.1) is 0 Å². The maximum Gasteiger partial charge on any atom is 0.337 e. The van der Waals surface area contributed by atoms with E-state index in [4.69, 9.17) is 11.6 Å². The first-order valence-corrected chi connectivity index (χ1v) is 8.28. The minimum absolute atomic E-state index is 0.0261. The van der Waals surface area contributed by atoms with Crippen molar-refractivity contribution in [2.24, 2.45) is 0 Å². The van der Waals surface area contributed by atoms with Gasteiger partial charge in [-0.1, -0.05) is 41.9 Å². The number of benzene rings is 2. The Kier molecular flexibility index (Phi) is 5.33. The van der Waals surface area contributed by atoms with Gasteiger partial charge in [0.15, 0.2) is 0 Å². The second-order valence-electron chi connectivity index (χ2n) is 5.65. The van der Waals surface area contributed by atoms with Gasteiger partial charge in [0.1, 0.15) is 5.69 Å². The van der Waals surface area contributed by atoms with E-state index in [0.29, 0.717) is 0 Å². The number of halogens is 1. The molecule has 0 fully saturated rings. The van der Waals surface area contributed by atoms with Gasteiger partial charge in [-0.05, 0) is 29.8 Å². The quantitative estimate of drug-likeness (QED) is 0.705. The summed E-state index contributed by atoms with van der Waals surface area (Å²) in [6.45, 7) is 0.207. The Morgan fingerprint density at radius 2 is 1.81 bits per heavy atom. The van der Waals surface area contributed by atoms with Gasteiger partial charge in [-0.2, -0.15) is 5.10 Å². The zero-order valence-corrected chi connectivity index (χ0v) is 14.7. The summed E-state index contributed by atoms with van der Waals surface area (Å²) >= 11 is 5.88. The van der Waals surface area contributed by atoms with Crippen LogP contribution in [0.25, 0.3) is 0 Å². The van der Waals surface area contributed by atoms with Crippen LogP contribution in [0.2, 0.25) is 5.02 Å². The molecule has 0 saturated heterocycles. The number of carbonyl (C=O) groups excluding carboxylic acids is 1. The highest BCUT2D eigenvalue weighted by Crippen LogP contribution is 2.21. The Morgan fingerprint density at radius 1 is 1.07 bits per heavy atom. The first kappa shape index (κ1) is 18.3. The number of nitrogens with zero attached hydrogens (tertiary/aromatic N) is 2. The average molecular weight is 384 g/mol. The number of carboxylic acid groups (broad SMARTS) is 1. The normalized spacial score (nSPS) is 10.4. The van der Waals surface area contributed by atoms with Crippen molar-refractivity contribution in [2.75, 3.05) is 5.32 Å². The smallest absolute Gasteiger partial charge is 0.337 e. The molecule has 0 aliphatic carbocycles. The number of aromatic carboxylic acids is 1. The van der Waals surface area contributed by atoms with E-state index in [1.54, 1.807) is 0 Å². The number of nitrogens with one attached hydrogen (secondary N) is 1. The lowest BCUT2D eigenvalue weighted by Gasteiger charge is -2.10. The van der Waals surface area contributed by atoms with Crippen molar-refractivity contribution < 1.29 is 14.7 Å². The van der Waals surface area contributed by atoms with Crippen molar-refractivity contribution in [1.29, 1.82) is 0 Å². The number of amides is 1. The van der Waals surface area contributed by atoms with Crippen molar-refractivity contribution in [3.8, 4) is 0 Å². The van der Waals surface area contributed by atoms with Gasteiger partial charge in [0.25, 0.3) is 11.5 Å². The van der Waals surface area contributed by atoms with Crippen molar-refractivity contribution >= 4 is 29.2 Å². The van der Waals surface area contributed by atoms with Crippen LogP contribution in [-0.2, 0) is 6.54 Å². The summed E-state index contributed by atoms with van der Waals surface area (Å²) in [6, 6.07) is 15.8. The first-order chi connectivity index (χ1) is 12.9. The van der Waals surface area contributed by atoms with E-state index in [0.717, 1.165) is 5.56 Å². The fourth-order valence-electron chi connectivity index (χ4n) is 2.43. The molecule has 3 aromatic rings. The highest BCUT2D eigenvalue weighted by Gasteiger charge is 2.16. The third-order valence-corrected chi connectivity index (χ3v) is 3.97. The molecule has 0 unspecified atom stereocenters. The highest BCUT2D eigenvalue weighted by molar-refractivity contribution is 6.31. The molecule has 0 aliphatic rings. The van der Waals surface area contributed by atoms with Crippen LogP contribution in [0.3, 0.4) is 0 Å². The summed E-state index contributed by atoms with van der Waals surface area (Å²) in [4.78, 5) is 35.8. The molecule has 27 heavy (non-hydrogen) atoms. The maximum atomic E-state index is 12.5. The lowest BCUT2D eigenvalue weighted by atomic mass is 10.1. The lowest BCUT2D eigenvalue weighted by molar-refractivity contribution is 0.0698. The Hall–Kier alpha value is -3.45. The number of anilines is 1. The molecular weight excluding hydrogens is 370 g/mol. The lowest BCUT2D eigenvalue weighted by Crippen LogP contribution is -2.26. The molecule has 0 aliphatic heterocycles. The van der Waals surface area contributed by atoms with Gasteiger partial charge in [0.2, 0.25) is 0 Å². The largest absolute Gasteiger partial charge is 0.478 e. The standard InChI is InChI=1S/C19H14ClN3O4/c20-13-6-7-14(19(26)27)16(10-13)21-18(25)15-8-9-17(24)23(22-15)11-12-4-2-1-3-5-12/h1-10H,11H2,(H,21,25)(H,26,27). The van der Waals surface area contributed by atoms with Gasteiger partial charge in [0.05, 0.1) is 17.8 Å². The number of aromatic nitrogens is 2. The van der Waals surface area contributed by atoms with Crippen LogP contribution in [-0.4, -0.2) is 26.8 Å². The molecule has 0 radical (unpaired) electrons. The SMILES string of the molecule is O=C(Nc1cc(Cl)ccc1C(=O)O)c1ccc(=O)n(Cc2ccccc2)n1. The summed E-state index contributed by atoms with van der Waals surface area (Å²) in [5, 5.41) is 16.1. The molecule has 0 atom stereocenters. The second kappa shape index (κ2) is 7.84. The van der Waals surface area contributed by atoms with E-state index in [1.165, 1.54) is 35.0 Å². The third-order valence-electron chi connectivity index (χ3n) is 3.73. The molecule has 7 nitrogen and oxygen atoms in total. The number of hydrogen-bond acceptors (Lipinski definition) is 4. The molecule has 0 saturated carbocycles. The Balaban J connectivity index is 1.88. The van der Waals surface area contributed by atoms with Gasteiger partial charge >= 0.3 is 5.97 Å². The summed E-state index contributed by atoms with van der Waals surface area (Å²) in [7, 11) is 0. The molecule has 2 N–H and O–H groups in total. The van der Waals surface area contributed by atoms with E-state index in [1.807, 2.05) is 30.3 Å². The zero-order chi connectivity index (χ0) is 19.4. The zero-order valence-electron chi connectivity index (χ0n) is 13.9. The highest BCUT2D eigenvalue weighted by atomic mass is 35.5. The van der Waals surface area contributed by atoms with E-state index in [2.05, 4.69) is 10.4 Å². The van der Waals surface area contributed by atoms with Gasteiger partial charge in [-0.25, -0.2) is 9.48 Å². The van der Waals surface area contributed by atoms with Crippen LogP contribution in [0.5, 0.6) is 0 Å². The third kappa shape index (κ3) is 4.39. The van der Waals surface area contributed by atoms with E-state index in [-0.39, 0.29) is 34.1 Å². The van der Waals surface area contributed by atoms with E-state index >= 15 is 0 Å². The molecule has 1 heterocycles. The van der Waals surface area contributed by atoms with Crippen molar-refractivity contribution in [2.45, 2.75) is 6.54 Å². The van der Waals surface area contributed by atoms with Gasteiger partial charge in [-0.3, -0.25) is 9.59 Å². The number of hydrogen-bond donors (Lipinski definition) is 2. The van der Waals surface area contributed by atoms with Gasteiger partial charge in [0, 0.05) is 11.1 Å². The number of rotatable bonds is 5. The van der Waals surface area contributed by atoms with Gasteiger partial charge < -0.3 is 10.4 Å². The Labute approximate surface area is 158 Å². The minimum atomic E-state index is -1.20. The summed E-state index contributed by atoms with van der Waals surface area (Å²) < 4.78 is 1.17. The van der Waals surface area contributed by atoms with Crippen molar-refractivity contribution in [1.82, 2.24) is 9.78 Å². The minimum Gasteiger partial charge on any atom is -0.478 e. The monoisotopic (exact) mass is 383 g/mol. The Morgan fingerprint density at radius 3 is 2.52 bits per heavy atom. The van der Waals surface area contributed by atoms with Crippen LogP contribution in [0.1, 0.15) is 26.4 Å². The summed E-state index contributed by atoms with van der Waals surface area (Å²) in [6.07, 6.45) is 0. The molecule has 136 valence electrons. The second-order valence-corrected chi connectivity index (χ2v) is 6.09. The molecule has 0 spiro atoms. The summed E-state index contributed by atoms with van der Waals surface area (Å²) in [5.74, 6) is -1.86. The van der Waals surface area contributed by atoms with Crippen LogP contribution in [0.4, 0.5) is 5.69 Å². The predicted octanol–water partition coefficient (Wildman–Crippen LogP) is 2.90.